The Morgan fingerprint density at radius 1 is 1.53 bits per heavy atom. The lowest BCUT2D eigenvalue weighted by atomic mass is 10.0. The summed E-state index contributed by atoms with van der Waals surface area (Å²) < 4.78 is 4.88. The smallest absolute Gasteiger partial charge is 0.310 e. The number of hydrogen-bond donors (Lipinski definition) is 2. The molecule has 0 aliphatic heterocycles. The zero-order valence-corrected chi connectivity index (χ0v) is 9.04. The Kier molecular flexibility index (Phi) is 4.12. The summed E-state index contributed by atoms with van der Waals surface area (Å²) in [6.45, 7) is 4.12. The average Bonchev–Trinajstić information content (AvgIpc) is 2.21. The maximum absolute atomic E-state index is 11.3. The first-order valence-corrected chi connectivity index (χ1v) is 4.89. The number of carbonyl (C=O) groups is 1. The highest BCUT2D eigenvalue weighted by atomic mass is 16.5. The number of nitrogens with one attached hydrogen (secondary N) is 1. The van der Waals surface area contributed by atoms with Crippen LogP contribution in [0, 0.1) is 6.92 Å². The molecule has 15 heavy (non-hydrogen) atoms. The van der Waals surface area contributed by atoms with Crippen LogP contribution in [0.1, 0.15) is 18.1 Å². The lowest BCUT2D eigenvalue weighted by Gasteiger charge is -2.09. The molecule has 0 atom stereocenters. The number of anilines is 1. The van der Waals surface area contributed by atoms with E-state index in [2.05, 4.69) is 5.43 Å². The van der Waals surface area contributed by atoms with Crippen molar-refractivity contribution in [3.05, 3.63) is 29.3 Å². The predicted octanol–water partition coefficient (Wildman–Crippen LogP) is 1.39. The molecule has 82 valence electrons. The predicted molar refractivity (Wildman–Crippen MR) is 59.3 cm³/mol. The molecule has 1 aromatic rings. The summed E-state index contributed by atoms with van der Waals surface area (Å²) in [4.78, 5) is 11.3. The number of hydrogen-bond acceptors (Lipinski definition) is 4. The van der Waals surface area contributed by atoms with Crippen molar-refractivity contribution in [3.8, 4) is 0 Å². The van der Waals surface area contributed by atoms with Gasteiger partial charge in [0.25, 0.3) is 0 Å². The quantitative estimate of drug-likeness (QED) is 0.446. The average molecular weight is 208 g/mol. The second-order valence-corrected chi connectivity index (χ2v) is 3.22. The van der Waals surface area contributed by atoms with Crippen LogP contribution in [0.25, 0.3) is 0 Å². The van der Waals surface area contributed by atoms with Crippen LogP contribution in [0.2, 0.25) is 0 Å². The molecule has 4 nitrogen and oxygen atoms in total. The van der Waals surface area contributed by atoms with Crippen molar-refractivity contribution in [1.82, 2.24) is 0 Å². The van der Waals surface area contributed by atoms with Gasteiger partial charge in [-0.05, 0) is 31.0 Å². The second kappa shape index (κ2) is 5.36. The van der Waals surface area contributed by atoms with E-state index in [-0.39, 0.29) is 12.4 Å². The lowest BCUT2D eigenvalue weighted by molar-refractivity contribution is -0.142. The van der Waals surface area contributed by atoms with Crippen molar-refractivity contribution in [2.24, 2.45) is 5.84 Å². The Hall–Kier alpha value is -1.55. The Balaban J connectivity index is 2.81. The molecule has 0 unspecified atom stereocenters. The SMILES string of the molecule is CCOC(=O)Cc1cccc(NN)c1C. The summed E-state index contributed by atoms with van der Waals surface area (Å²) in [5.41, 5.74) is 5.33. The highest BCUT2D eigenvalue weighted by Crippen LogP contribution is 2.18. The molecule has 1 aromatic carbocycles. The highest BCUT2D eigenvalue weighted by Gasteiger charge is 2.08. The number of ether oxygens (including phenoxy) is 1. The van der Waals surface area contributed by atoms with Crippen LogP contribution in [0.3, 0.4) is 0 Å². The normalized spacial score (nSPS) is 9.80. The van der Waals surface area contributed by atoms with Gasteiger partial charge in [0.05, 0.1) is 18.7 Å². The van der Waals surface area contributed by atoms with Crippen LogP contribution in [0.15, 0.2) is 18.2 Å². The van der Waals surface area contributed by atoms with Crippen molar-refractivity contribution in [3.63, 3.8) is 0 Å². The van der Waals surface area contributed by atoms with Gasteiger partial charge in [-0.3, -0.25) is 10.6 Å². The van der Waals surface area contributed by atoms with Crippen LogP contribution in [-0.2, 0) is 16.0 Å². The number of nitrogen functional groups attached to an aromatic ring is 1. The molecule has 0 aliphatic carbocycles. The molecule has 0 fully saturated rings. The summed E-state index contributed by atoms with van der Waals surface area (Å²) >= 11 is 0. The van der Waals surface area contributed by atoms with Gasteiger partial charge >= 0.3 is 5.97 Å². The number of nitrogens with two attached hydrogens (primary N) is 1. The summed E-state index contributed by atoms with van der Waals surface area (Å²) in [7, 11) is 0. The number of hydrazine groups is 1. The molecule has 0 bridgehead atoms. The van der Waals surface area contributed by atoms with E-state index in [9.17, 15) is 4.79 Å². The van der Waals surface area contributed by atoms with E-state index in [1.165, 1.54) is 0 Å². The largest absolute Gasteiger partial charge is 0.466 e. The molecule has 0 heterocycles. The number of benzene rings is 1. The summed E-state index contributed by atoms with van der Waals surface area (Å²) in [6.07, 6.45) is 0.287. The molecule has 0 saturated heterocycles. The van der Waals surface area contributed by atoms with Crippen LogP contribution in [0.5, 0.6) is 0 Å². The van der Waals surface area contributed by atoms with E-state index in [1.807, 2.05) is 25.1 Å². The summed E-state index contributed by atoms with van der Waals surface area (Å²) in [5, 5.41) is 0. The third-order valence-electron chi connectivity index (χ3n) is 2.24. The molecule has 0 aliphatic rings. The van der Waals surface area contributed by atoms with Crippen molar-refractivity contribution >= 4 is 11.7 Å². The Morgan fingerprint density at radius 3 is 2.87 bits per heavy atom. The summed E-state index contributed by atoms with van der Waals surface area (Å²) in [6, 6.07) is 5.62. The fourth-order valence-corrected chi connectivity index (χ4v) is 1.40. The second-order valence-electron chi connectivity index (χ2n) is 3.22. The van der Waals surface area contributed by atoms with Crippen LogP contribution in [0.4, 0.5) is 5.69 Å². The van der Waals surface area contributed by atoms with E-state index < -0.39 is 0 Å². The third kappa shape index (κ3) is 2.95. The standard InChI is InChI=1S/C11H16N2O2/c1-3-15-11(14)7-9-5-4-6-10(13-12)8(9)2/h4-6,13H,3,7,12H2,1-2H3. The molecule has 0 amide bonds. The molecule has 0 spiro atoms. The van der Waals surface area contributed by atoms with Crippen molar-refractivity contribution in [2.75, 3.05) is 12.0 Å². The first-order chi connectivity index (χ1) is 7.19. The van der Waals surface area contributed by atoms with E-state index in [4.69, 9.17) is 10.6 Å². The van der Waals surface area contributed by atoms with Crippen molar-refractivity contribution in [2.45, 2.75) is 20.3 Å². The molecule has 3 N–H and O–H groups in total. The minimum atomic E-state index is -0.213. The molecular formula is C11H16N2O2. The van der Waals surface area contributed by atoms with Crippen LogP contribution < -0.4 is 11.3 Å². The fourth-order valence-electron chi connectivity index (χ4n) is 1.40. The van der Waals surface area contributed by atoms with E-state index >= 15 is 0 Å². The van der Waals surface area contributed by atoms with Gasteiger partial charge in [-0.2, -0.15) is 0 Å². The molecule has 4 heteroatoms. The highest BCUT2D eigenvalue weighted by molar-refractivity contribution is 5.74. The number of carbonyl (C=O) groups excluding carboxylic acids is 1. The van der Waals surface area contributed by atoms with E-state index in [0.29, 0.717) is 6.61 Å². The minimum absolute atomic E-state index is 0.213. The van der Waals surface area contributed by atoms with Crippen LogP contribution in [-0.4, -0.2) is 12.6 Å². The Bertz CT molecular complexity index is 350. The van der Waals surface area contributed by atoms with Gasteiger partial charge in [0.15, 0.2) is 0 Å². The lowest BCUT2D eigenvalue weighted by Crippen LogP contribution is -2.12. The van der Waals surface area contributed by atoms with Gasteiger partial charge in [0.2, 0.25) is 0 Å². The van der Waals surface area contributed by atoms with Gasteiger partial charge in [-0.25, -0.2) is 0 Å². The van der Waals surface area contributed by atoms with Gasteiger partial charge in [0, 0.05) is 0 Å². The minimum Gasteiger partial charge on any atom is -0.466 e. The number of esters is 1. The molecule has 1 rings (SSSR count). The monoisotopic (exact) mass is 208 g/mol. The maximum atomic E-state index is 11.3. The van der Waals surface area contributed by atoms with Crippen molar-refractivity contribution < 1.29 is 9.53 Å². The van der Waals surface area contributed by atoms with Gasteiger partial charge < -0.3 is 10.2 Å². The first-order valence-electron chi connectivity index (χ1n) is 4.89. The van der Waals surface area contributed by atoms with Crippen molar-refractivity contribution in [1.29, 1.82) is 0 Å². The zero-order valence-electron chi connectivity index (χ0n) is 9.04. The molecule has 0 saturated carbocycles. The van der Waals surface area contributed by atoms with Gasteiger partial charge in [-0.1, -0.05) is 12.1 Å². The fraction of sp³-hybridized carbons (Fsp3) is 0.364. The number of rotatable bonds is 4. The molecular weight excluding hydrogens is 192 g/mol. The topological polar surface area (TPSA) is 64.3 Å². The Morgan fingerprint density at radius 2 is 2.27 bits per heavy atom. The molecule has 0 aromatic heterocycles. The maximum Gasteiger partial charge on any atom is 0.310 e. The van der Waals surface area contributed by atoms with E-state index in [0.717, 1.165) is 16.8 Å². The third-order valence-corrected chi connectivity index (χ3v) is 2.24. The van der Waals surface area contributed by atoms with Crippen LogP contribution >= 0.6 is 0 Å². The zero-order chi connectivity index (χ0) is 11.3. The van der Waals surface area contributed by atoms with Gasteiger partial charge in [0.1, 0.15) is 0 Å². The summed E-state index contributed by atoms with van der Waals surface area (Å²) in [5.74, 6) is 5.13. The van der Waals surface area contributed by atoms with Gasteiger partial charge in [-0.15, -0.1) is 0 Å². The van der Waals surface area contributed by atoms with E-state index in [1.54, 1.807) is 6.92 Å². The first kappa shape index (κ1) is 11.5. The Labute approximate surface area is 89.4 Å². The molecule has 0 radical (unpaired) electrons.